The molecule has 1 aromatic carbocycles. The van der Waals surface area contributed by atoms with Crippen molar-refractivity contribution in [3.8, 4) is 11.5 Å². The maximum atomic E-state index is 9.66. The van der Waals surface area contributed by atoms with E-state index in [9.17, 15) is 10.2 Å². The van der Waals surface area contributed by atoms with E-state index in [0.29, 0.717) is 12.2 Å². The Morgan fingerprint density at radius 3 is 2.65 bits per heavy atom. The van der Waals surface area contributed by atoms with Crippen LogP contribution in [0.4, 0.5) is 0 Å². The summed E-state index contributed by atoms with van der Waals surface area (Å²) in [7, 11) is 0. The number of aromatic hydroxyl groups is 2. The molecule has 1 fully saturated rings. The number of rotatable bonds is 4. The lowest BCUT2D eigenvalue weighted by Gasteiger charge is -2.12. The van der Waals surface area contributed by atoms with Gasteiger partial charge in [0.2, 0.25) is 0 Å². The van der Waals surface area contributed by atoms with Crippen molar-refractivity contribution in [3.63, 3.8) is 0 Å². The predicted molar refractivity (Wildman–Crippen MR) is 66.3 cm³/mol. The first-order valence-electron chi connectivity index (χ1n) is 6.35. The van der Waals surface area contributed by atoms with Gasteiger partial charge in [-0.15, -0.1) is 0 Å². The third kappa shape index (κ3) is 3.13. The quantitative estimate of drug-likeness (QED) is 0.845. The van der Waals surface area contributed by atoms with E-state index in [0.717, 1.165) is 37.7 Å². The number of ether oxygens (including phenoxy) is 1. The highest BCUT2D eigenvalue weighted by Gasteiger charge is 2.23. The highest BCUT2D eigenvalue weighted by atomic mass is 16.5. The SMILES string of the molecule is CC[C@@H]1CC[C@H](CCc2ccc(O)cc2O)O1. The fraction of sp³-hybridized carbons (Fsp3) is 0.571. The van der Waals surface area contributed by atoms with Crippen molar-refractivity contribution in [3.05, 3.63) is 23.8 Å². The number of aryl methyl sites for hydroxylation is 1. The number of hydrogen-bond acceptors (Lipinski definition) is 3. The molecule has 3 heteroatoms. The summed E-state index contributed by atoms with van der Waals surface area (Å²) in [5, 5.41) is 18.9. The molecule has 17 heavy (non-hydrogen) atoms. The normalized spacial score (nSPS) is 24.1. The van der Waals surface area contributed by atoms with Gasteiger partial charge in [0.1, 0.15) is 11.5 Å². The number of benzene rings is 1. The largest absolute Gasteiger partial charge is 0.508 e. The van der Waals surface area contributed by atoms with Gasteiger partial charge in [0.15, 0.2) is 0 Å². The van der Waals surface area contributed by atoms with Crippen molar-refractivity contribution in [2.45, 2.75) is 51.2 Å². The number of phenols is 2. The fourth-order valence-corrected chi connectivity index (χ4v) is 2.37. The first kappa shape index (κ1) is 12.2. The van der Waals surface area contributed by atoms with E-state index in [4.69, 9.17) is 4.74 Å². The van der Waals surface area contributed by atoms with Crippen LogP contribution in [0.2, 0.25) is 0 Å². The molecule has 1 heterocycles. The lowest BCUT2D eigenvalue weighted by molar-refractivity contribution is 0.0390. The van der Waals surface area contributed by atoms with Gasteiger partial charge in [-0.05, 0) is 43.7 Å². The van der Waals surface area contributed by atoms with Crippen molar-refractivity contribution in [2.75, 3.05) is 0 Å². The van der Waals surface area contributed by atoms with Gasteiger partial charge in [-0.2, -0.15) is 0 Å². The first-order valence-corrected chi connectivity index (χ1v) is 6.35. The molecule has 94 valence electrons. The zero-order chi connectivity index (χ0) is 12.3. The van der Waals surface area contributed by atoms with E-state index in [1.165, 1.54) is 6.07 Å². The van der Waals surface area contributed by atoms with Gasteiger partial charge < -0.3 is 14.9 Å². The zero-order valence-electron chi connectivity index (χ0n) is 10.2. The molecule has 0 amide bonds. The van der Waals surface area contributed by atoms with Crippen LogP contribution in [0.3, 0.4) is 0 Å². The van der Waals surface area contributed by atoms with Crippen LogP contribution in [-0.4, -0.2) is 22.4 Å². The summed E-state index contributed by atoms with van der Waals surface area (Å²) in [6.07, 6.45) is 5.85. The second-order valence-corrected chi connectivity index (χ2v) is 4.72. The topological polar surface area (TPSA) is 49.7 Å². The van der Waals surface area contributed by atoms with Crippen molar-refractivity contribution in [1.82, 2.24) is 0 Å². The summed E-state index contributed by atoms with van der Waals surface area (Å²) in [6.45, 7) is 2.15. The van der Waals surface area contributed by atoms with E-state index in [2.05, 4.69) is 6.92 Å². The lowest BCUT2D eigenvalue weighted by atomic mass is 10.0. The van der Waals surface area contributed by atoms with Gasteiger partial charge in [0.25, 0.3) is 0 Å². The van der Waals surface area contributed by atoms with Crippen molar-refractivity contribution < 1.29 is 14.9 Å². The van der Waals surface area contributed by atoms with Crippen molar-refractivity contribution in [2.24, 2.45) is 0 Å². The van der Waals surface area contributed by atoms with Crippen LogP contribution < -0.4 is 0 Å². The maximum Gasteiger partial charge on any atom is 0.122 e. The molecule has 0 saturated carbocycles. The second kappa shape index (κ2) is 5.41. The van der Waals surface area contributed by atoms with Crippen LogP contribution in [0.5, 0.6) is 11.5 Å². The van der Waals surface area contributed by atoms with E-state index < -0.39 is 0 Å². The Balaban J connectivity index is 1.86. The first-order chi connectivity index (χ1) is 8.19. The Bertz CT molecular complexity index is 376. The summed E-state index contributed by atoms with van der Waals surface area (Å²) in [5.41, 5.74) is 0.881. The monoisotopic (exact) mass is 236 g/mol. The molecule has 0 unspecified atom stereocenters. The summed E-state index contributed by atoms with van der Waals surface area (Å²) in [4.78, 5) is 0. The van der Waals surface area contributed by atoms with Crippen LogP contribution in [0.15, 0.2) is 18.2 Å². The average molecular weight is 236 g/mol. The zero-order valence-corrected chi connectivity index (χ0v) is 10.2. The maximum absolute atomic E-state index is 9.66. The minimum absolute atomic E-state index is 0.106. The Morgan fingerprint density at radius 2 is 2.00 bits per heavy atom. The Morgan fingerprint density at radius 1 is 1.24 bits per heavy atom. The Hall–Kier alpha value is -1.22. The summed E-state index contributed by atoms with van der Waals surface area (Å²) >= 11 is 0. The van der Waals surface area contributed by atoms with Gasteiger partial charge >= 0.3 is 0 Å². The predicted octanol–water partition coefficient (Wildman–Crippen LogP) is 2.99. The molecule has 2 rings (SSSR count). The highest BCUT2D eigenvalue weighted by molar-refractivity contribution is 5.38. The van der Waals surface area contributed by atoms with Gasteiger partial charge in [-0.25, -0.2) is 0 Å². The smallest absolute Gasteiger partial charge is 0.122 e. The summed E-state index contributed by atoms with van der Waals surface area (Å²) in [6, 6.07) is 4.77. The van der Waals surface area contributed by atoms with Gasteiger partial charge in [-0.3, -0.25) is 0 Å². The Labute approximate surface area is 102 Å². The van der Waals surface area contributed by atoms with E-state index in [1.807, 2.05) is 0 Å². The minimum Gasteiger partial charge on any atom is -0.508 e. The molecule has 3 nitrogen and oxygen atoms in total. The molecule has 2 N–H and O–H groups in total. The molecule has 2 atom stereocenters. The van der Waals surface area contributed by atoms with Crippen LogP contribution in [0, 0.1) is 0 Å². The molecule has 0 aliphatic carbocycles. The molecule has 0 bridgehead atoms. The Kier molecular flexibility index (Phi) is 3.89. The van der Waals surface area contributed by atoms with Crippen LogP contribution in [-0.2, 0) is 11.2 Å². The molecule has 0 radical (unpaired) electrons. The average Bonchev–Trinajstić information content (AvgIpc) is 2.76. The number of hydrogen-bond donors (Lipinski definition) is 2. The van der Waals surface area contributed by atoms with E-state index in [-0.39, 0.29) is 11.5 Å². The molecule has 1 aliphatic heterocycles. The number of phenolic OH excluding ortho intramolecular Hbond substituents is 2. The van der Waals surface area contributed by atoms with Gasteiger partial charge in [-0.1, -0.05) is 13.0 Å². The van der Waals surface area contributed by atoms with E-state index in [1.54, 1.807) is 12.1 Å². The molecule has 0 spiro atoms. The van der Waals surface area contributed by atoms with Crippen molar-refractivity contribution >= 4 is 0 Å². The van der Waals surface area contributed by atoms with Gasteiger partial charge in [0.05, 0.1) is 12.2 Å². The highest BCUT2D eigenvalue weighted by Crippen LogP contribution is 2.28. The third-order valence-electron chi connectivity index (χ3n) is 3.46. The van der Waals surface area contributed by atoms with Crippen LogP contribution >= 0.6 is 0 Å². The minimum atomic E-state index is 0.106. The lowest BCUT2D eigenvalue weighted by Crippen LogP contribution is -2.10. The fourth-order valence-electron chi connectivity index (χ4n) is 2.37. The molecular formula is C14H20O3. The summed E-state index contributed by atoms with van der Waals surface area (Å²) < 4.78 is 5.86. The van der Waals surface area contributed by atoms with Crippen molar-refractivity contribution in [1.29, 1.82) is 0 Å². The standard InChI is InChI=1S/C14H20O3/c1-2-12-7-8-13(17-12)6-4-10-3-5-11(15)9-14(10)16/h3,5,9,12-13,15-16H,2,4,6-8H2,1H3/t12-,13+/m1/s1. The van der Waals surface area contributed by atoms with E-state index >= 15 is 0 Å². The van der Waals surface area contributed by atoms with Gasteiger partial charge in [0, 0.05) is 6.07 Å². The molecule has 1 aromatic rings. The third-order valence-corrected chi connectivity index (χ3v) is 3.46. The molecule has 1 saturated heterocycles. The summed E-state index contributed by atoms with van der Waals surface area (Å²) in [5.74, 6) is 0.282. The molecular weight excluding hydrogens is 216 g/mol. The molecule has 0 aromatic heterocycles. The second-order valence-electron chi connectivity index (χ2n) is 4.72. The molecule has 1 aliphatic rings. The van der Waals surface area contributed by atoms with Crippen LogP contribution in [0.25, 0.3) is 0 Å². The van der Waals surface area contributed by atoms with Crippen LogP contribution in [0.1, 0.15) is 38.2 Å².